The highest BCUT2D eigenvalue weighted by Gasteiger charge is 2.62. The lowest BCUT2D eigenvalue weighted by Crippen LogP contribution is -2.60. The van der Waals surface area contributed by atoms with E-state index in [9.17, 15) is 27.6 Å². The second-order valence-corrected chi connectivity index (χ2v) is 17.1. The Balaban J connectivity index is 1.28. The molecule has 50 heavy (non-hydrogen) atoms. The van der Waals surface area contributed by atoms with E-state index in [0.29, 0.717) is 24.5 Å². The third-order valence-corrected chi connectivity index (χ3v) is 12.3. The SMILES string of the molecule is C=C[C@@H]1C[C@]1(NC(=O)[C@@H]1CC(Oc2nccc3cc(OC)ccc23)CN1C(=O)[C@@H](NC(=O)C1CCCC1)C(C)(C)C)C(=O)NS(=O)(=O)C1CC1. The number of amides is 4. The van der Waals surface area contributed by atoms with Crippen LogP contribution in [0.3, 0.4) is 0 Å². The molecule has 270 valence electrons. The fourth-order valence-corrected chi connectivity index (χ4v) is 8.53. The topological polar surface area (TPSA) is 173 Å². The number of pyridine rings is 1. The first-order chi connectivity index (χ1) is 23.7. The molecular weight excluding hydrogens is 662 g/mol. The van der Waals surface area contributed by atoms with Gasteiger partial charge in [-0.1, -0.05) is 39.7 Å². The molecular formula is C36H47N5O8S. The smallest absolute Gasteiger partial charge is 0.259 e. The second kappa shape index (κ2) is 13.5. The summed E-state index contributed by atoms with van der Waals surface area (Å²) in [6, 6.07) is 5.25. The van der Waals surface area contributed by atoms with Crippen molar-refractivity contribution < 1.29 is 37.1 Å². The number of hydrogen-bond donors (Lipinski definition) is 3. The van der Waals surface area contributed by atoms with Crippen LogP contribution in [0.4, 0.5) is 0 Å². The summed E-state index contributed by atoms with van der Waals surface area (Å²) >= 11 is 0. The van der Waals surface area contributed by atoms with Gasteiger partial charge < -0.3 is 25.0 Å². The molecule has 1 aromatic carbocycles. The van der Waals surface area contributed by atoms with Crippen LogP contribution < -0.4 is 24.8 Å². The molecule has 1 saturated heterocycles. The molecule has 2 heterocycles. The summed E-state index contributed by atoms with van der Waals surface area (Å²) in [5.41, 5.74) is -2.23. The van der Waals surface area contributed by atoms with Crippen molar-refractivity contribution in [2.45, 2.75) is 101 Å². The van der Waals surface area contributed by atoms with Crippen LogP contribution in [0.5, 0.6) is 11.6 Å². The summed E-state index contributed by atoms with van der Waals surface area (Å²) in [5, 5.41) is 6.73. The molecule has 3 N–H and O–H groups in total. The number of rotatable bonds is 12. The van der Waals surface area contributed by atoms with E-state index in [2.05, 4.69) is 26.9 Å². The summed E-state index contributed by atoms with van der Waals surface area (Å²) in [6.07, 6.45) is 7.06. The first-order valence-electron chi connectivity index (χ1n) is 17.4. The van der Waals surface area contributed by atoms with E-state index in [-0.39, 0.29) is 31.2 Å². The van der Waals surface area contributed by atoms with Crippen molar-refractivity contribution in [3.8, 4) is 11.6 Å². The van der Waals surface area contributed by atoms with Crippen molar-refractivity contribution in [3.05, 3.63) is 43.1 Å². The van der Waals surface area contributed by atoms with Crippen molar-refractivity contribution in [2.24, 2.45) is 17.3 Å². The second-order valence-electron chi connectivity index (χ2n) is 15.2. The van der Waals surface area contributed by atoms with Crippen LogP contribution in [0.1, 0.15) is 72.1 Å². The summed E-state index contributed by atoms with van der Waals surface area (Å²) in [4.78, 5) is 61.4. The number of fused-ring (bicyclic) bond motifs is 1. The van der Waals surface area contributed by atoms with Gasteiger partial charge in [-0.2, -0.15) is 0 Å². The number of likely N-dealkylation sites (tertiary alicyclic amines) is 1. The van der Waals surface area contributed by atoms with Crippen molar-refractivity contribution in [2.75, 3.05) is 13.7 Å². The minimum atomic E-state index is -3.88. The number of aromatic nitrogens is 1. The van der Waals surface area contributed by atoms with Crippen LogP contribution in [0.2, 0.25) is 0 Å². The zero-order chi connectivity index (χ0) is 36.0. The third kappa shape index (κ3) is 7.17. The van der Waals surface area contributed by atoms with Crippen LogP contribution >= 0.6 is 0 Å². The van der Waals surface area contributed by atoms with Crippen LogP contribution in [-0.4, -0.2) is 84.6 Å². The van der Waals surface area contributed by atoms with Crippen molar-refractivity contribution >= 4 is 44.4 Å². The van der Waals surface area contributed by atoms with Gasteiger partial charge in [-0.25, -0.2) is 13.4 Å². The predicted octanol–water partition coefficient (Wildman–Crippen LogP) is 2.98. The molecule has 3 aliphatic carbocycles. The monoisotopic (exact) mass is 709 g/mol. The van der Waals surface area contributed by atoms with Gasteiger partial charge >= 0.3 is 0 Å². The summed E-state index contributed by atoms with van der Waals surface area (Å²) in [5.74, 6) is -1.76. The number of benzene rings is 1. The van der Waals surface area contributed by atoms with Gasteiger partial charge in [0.05, 0.1) is 18.9 Å². The Labute approximate surface area is 293 Å². The largest absolute Gasteiger partial charge is 0.497 e. The Bertz CT molecular complexity index is 1800. The van der Waals surface area contributed by atoms with E-state index in [1.165, 1.54) is 11.0 Å². The maximum atomic E-state index is 14.5. The van der Waals surface area contributed by atoms with E-state index >= 15 is 0 Å². The maximum absolute atomic E-state index is 14.5. The molecule has 1 aliphatic heterocycles. The average molecular weight is 710 g/mol. The molecule has 2 aromatic rings. The van der Waals surface area contributed by atoms with Crippen LogP contribution in [-0.2, 0) is 29.2 Å². The zero-order valence-electron chi connectivity index (χ0n) is 29.1. The minimum Gasteiger partial charge on any atom is -0.497 e. The van der Waals surface area contributed by atoms with E-state index in [1.54, 1.807) is 19.4 Å². The Hall–Kier alpha value is -4.20. The van der Waals surface area contributed by atoms with Gasteiger partial charge in [-0.05, 0) is 67.2 Å². The summed E-state index contributed by atoms with van der Waals surface area (Å²) in [6.45, 7) is 9.36. The fraction of sp³-hybridized carbons (Fsp3) is 0.583. The molecule has 14 heteroatoms. The third-order valence-electron chi connectivity index (χ3n) is 10.4. The first-order valence-corrected chi connectivity index (χ1v) is 18.9. The Morgan fingerprint density at radius 3 is 2.42 bits per heavy atom. The highest BCUT2D eigenvalue weighted by Crippen LogP contribution is 2.45. The van der Waals surface area contributed by atoms with Crippen molar-refractivity contribution in [3.63, 3.8) is 0 Å². The van der Waals surface area contributed by atoms with Gasteiger partial charge in [-0.3, -0.25) is 23.9 Å². The lowest BCUT2D eigenvalue weighted by atomic mass is 9.85. The van der Waals surface area contributed by atoms with E-state index in [0.717, 1.165) is 36.5 Å². The number of ether oxygens (including phenoxy) is 2. The zero-order valence-corrected chi connectivity index (χ0v) is 29.9. The normalized spacial score (nSPS) is 25.8. The molecule has 0 bridgehead atoms. The Morgan fingerprint density at radius 2 is 1.80 bits per heavy atom. The molecule has 0 spiro atoms. The van der Waals surface area contributed by atoms with Gasteiger partial charge in [0.15, 0.2) is 0 Å². The average Bonchev–Trinajstić information content (AvgIpc) is 3.94. The number of hydrogen-bond acceptors (Lipinski definition) is 9. The number of nitrogens with zero attached hydrogens (tertiary/aromatic N) is 2. The molecule has 3 saturated carbocycles. The predicted molar refractivity (Wildman–Crippen MR) is 185 cm³/mol. The highest BCUT2D eigenvalue weighted by atomic mass is 32.2. The highest BCUT2D eigenvalue weighted by molar-refractivity contribution is 7.91. The maximum Gasteiger partial charge on any atom is 0.259 e. The number of carbonyl (C=O) groups excluding carboxylic acids is 4. The summed E-state index contributed by atoms with van der Waals surface area (Å²) in [7, 11) is -2.30. The molecule has 5 atom stereocenters. The van der Waals surface area contributed by atoms with Gasteiger partial charge in [0.1, 0.15) is 29.5 Å². The molecule has 13 nitrogen and oxygen atoms in total. The molecule has 4 fully saturated rings. The number of methoxy groups -OCH3 is 1. The van der Waals surface area contributed by atoms with Crippen LogP contribution in [0.15, 0.2) is 43.1 Å². The number of carbonyl (C=O) groups is 4. The fourth-order valence-electron chi connectivity index (χ4n) is 7.16. The Kier molecular flexibility index (Phi) is 9.61. The van der Waals surface area contributed by atoms with Gasteiger partial charge in [0, 0.05) is 29.8 Å². The molecule has 1 aromatic heterocycles. The minimum absolute atomic E-state index is 0.0111. The van der Waals surface area contributed by atoms with E-state index in [4.69, 9.17) is 9.47 Å². The molecule has 1 unspecified atom stereocenters. The quantitative estimate of drug-likeness (QED) is 0.280. The van der Waals surface area contributed by atoms with Crippen LogP contribution in [0.25, 0.3) is 10.8 Å². The summed E-state index contributed by atoms with van der Waals surface area (Å²) < 4.78 is 39.3. The lowest BCUT2D eigenvalue weighted by molar-refractivity contribution is -0.145. The molecule has 4 amide bonds. The standard InChI is InChI=1S/C36H47N5O8S/c1-6-23-19-36(23,34(45)40-50(46,47)26-12-13-26)39-31(43)28-18-25(49-32-27-14-11-24(48-5)17-22(27)15-16-37-32)20-41(28)33(44)29(35(2,3)4)38-30(42)21-9-7-8-10-21/h6,11,14-17,21,23,25-26,28-29H,1,7-10,12-13,18-20H2,2-5H3,(H,38,42)(H,39,43)(H,40,45)/t23-,25?,28+,29-,36-/m1/s1. The van der Waals surface area contributed by atoms with Gasteiger partial charge in [-0.15, -0.1) is 6.58 Å². The first kappa shape index (κ1) is 35.6. The van der Waals surface area contributed by atoms with Gasteiger partial charge in [0.25, 0.3) is 5.91 Å². The van der Waals surface area contributed by atoms with Crippen LogP contribution in [0, 0.1) is 17.3 Å². The molecule has 4 aliphatic rings. The van der Waals surface area contributed by atoms with Gasteiger partial charge in [0.2, 0.25) is 33.6 Å². The van der Waals surface area contributed by atoms with E-state index in [1.807, 2.05) is 39.0 Å². The van der Waals surface area contributed by atoms with E-state index < -0.39 is 68.1 Å². The lowest BCUT2D eigenvalue weighted by Gasteiger charge is -2.36. The molecule has 6 rings (SSSR count). The Morgan fingerprint density at radius 1 is 1.08 bits per heavy atom. The number of nitrogens with one attached hydrogen (secondary N) is 3. The molecule has 0 radical (unpaired) electrons. The van der Waals surface area contributed by atoms with Crippen molar-refractivity contribution in [1.82, 2.24) is 25.2 Å². The van der Waals surface area contributed by atoms with Crippen molar-refractivity contribution in [1.29, 1.82) is 0 Å². The number of sulfonamides is 1.